The number of nitrogens with zero attached hydrogens (tertiary/aromatic N) is 1. The number of aromatic nitrogens is 1. The molecule has 1 aliphatic rings. The number of hydrogen-bond acceptors (Lipinski definition) is 2. The summed E-state index contributed by atoms with van der Waals surface area (Å²) < 4.78 is 43.2. The standard InChI is InChI=1S/C22H29F3N2O/c1-2-3-4-5-6-7-12-19-18(20(26)28)11-8-13-21(19,22(23,24)25)15-17-10-9-14-27-16-17/h8-11,13-14,16,19H,2-7,12,15H2,1H3,(H2,26,28). The maximum absolute atomic E-state index is 14.4. The lowest BCUT2D eigenvalue weighted by Gasteiger charge is -2.42. The third-order valence-corrected chi connectivity index (χ3v) is 5.54. The molecule has 0 aromatic carbocycles. The molecular weight excluding hydrogens is 365 g/mol. The number of alkyl halides is 3. The lowest BCUT2D eigenvalue weighted by molar-refractivity contribution is -0.220. The van der Waals surface area contributed by atoms with Crippen LogP contribution in [0.2, 0.25) is 0 Å². The van der Waals surface area contributed by atoms with Crippen LogP contribution in [-0.4, -0.2) is 17.1 Å². The molecule has 0 saturated carbocycles. The molecule has 0 spiro atoms. The smallest absolute Gasteiger partial charge is 0.366 e. The van der Waals surface area contributed by atoms with Crippen molar-refractivity contribution >= 4 is 5.91 Å². The molecule has 0 aliphatic heterocycles. The van der Waals surface area contributed by atoms with Crippen LogP contribution in [0.25, 0.3) is 0 Å². The normalized spacial score (nSPS) is 22.1. The van der Waals surface area contributed by atoms with Crippen molar-refractivity contribution in [3.63, 3.8) is 0 Å². The summed E-state index contributed by atoms with van der Waals surface area (Å²) in [6.07, 6.45) is 8.27. The Morgan fingerprint density at radius 2 is 1.93 bits per heavy atom. The first kappa shape index (κ1) is 22.2. The average molecular weight is 394 g/mol. The fraction of sp³-hybridized carbons (Fsp3) is 0.545. The molecule has 2 atom stereocenters. The molecule has 1 heterocycles. The van der Waals surface area contributed by atoms with E-state index in [9.17, 15) is 18.0 Å². The number of carbonyl (C=O) groups is 1. The molecule has 0 bridgehead atoms. The van der Waals surface area contributed by atoms with Crippen LogP contribution in [0, 0.1) is 11.3 Å². The van der Waals surface area contributed by atoms with Gasteiger partial charge in [-0.3, -0.25) is 9.78 Å². The number of rotatable bonds is 10. The number of amides is 1. The van der Waals surface area contributed by atoms with E-state index in [1.54, 1.807) is 12.1 Å². The molecule has 1 aromatic rings. The van der Waals surface area contributed by atoms with Gasteiger partial charge in [-0.05, 0) is 24.5 Å². The molecule has 3 nitrogen and oxygen atoms in total. The summed E-state index contributed by atoms with van der Waals surface area (Å²) in [5.74, 6) is -1.76. The summed E-state index contributed by atoms with van der Waals surface area (Å²) in [6.45, 7) is 2.12. The highest BCUT2D eigenvalue weighted by Gasteiger charge is 2.59. The van der Waals surface area contributed by atoms with Crippen LogP contribution in [0.4, 0.5) is 13.2 Å². The Balaban J connectivity index is 2.29. The minimum atomic E-state index is -4.51. The lowest BCUT2D eigenvalue weighted by atomic mass is 9.63. The molecule has 2 unspecified atom stereocenters. The molecular formula is C22H29F3N2O. The molecule has 6 heteroatoms. The highest BCUT2D eigenvalue weighted by atomic mass is 19.4. The van der Waals surface area contributed by atoms with Crippen molar-refractivity contribution in [3.05, 3.63) is 53.9 Å². The van der Waals surface area contributed by atoms with Crippen molar-refractivity contribution in [1.29, 1.82) is 0 Å². The van der Waals surface area contributed by atoms with Gasteiger partial charge in [0, 0.05) is 23.9 Å². The Morgan fingerprint density at radius 3 is 2.54 bits per heavy atom. The zero-order valence-electron chi connectivity index (χ0n) is 16.3. The van der Waals surface area contributed by atoms with Gasteiger partial charge in [0.1, 0.15) is 0 Å². The third kappa shape index (κ3) is 5.24. The summed E-state index contributed by atoms with van der Waals surface area (Å²) in [6, 6.07) is 3.26. The first-order valence-electron chi connectivity index (χ1n) is 9.96. The number of hydrogen-bond donors (Lipinski definition) is 1. The number of pyridine rings is 1. The van der Waals surface area contributed by atoms with E-state index in [1.165, 1.54) is 30.6 Å². The van der Waals surface area contributed by atoms with E-state index in [0.29, 0.717) is 12.0 Å². The number of allylic oxidation sites excluding steroid dienone is 3. The summed E-state index contributed by atoms with van der Waals surface area (Å²) in [5.41, 5.74) is 3.87. The van der Waals surface area contributed by atoms with E-state index in [0.717, 1.165) is 32.1 Å². The average Bonchev–Trinajstić information content (AvgIpc) is 2.65. The molecule has 2 N–H and O–H groups in total. The minimum absolute atomic E-state index is 0.0669. The highest BCUT2D eigenvalue weighted by Crippen LogP contribution is 2.53. The number of primary amides is 1. The molecule has 0 radical (unpaired) electrons. The van der Waals surface area contributed by atoms with Crippen LogP contribution in [0.1, 0.15) is 57.4 Å². The predicted octanol–water partition coefficient (Wildman–Crippen LogP) is 5.52. The molecule has 1 aliphatic carbocycles. The van der Waals surface area contributed by atoms with Gasteiger partial charge in [0.2, 0.25) is 5.91 Å². The SMILES string of the molecule is CCCCCCCCC1C(C(N)=O)=CC=CC1(Cc1cccnc1)C(F)(F)F. The van der Waals surface area contributed by atoms with Crippen LogP contribution in [0.5, 0.6) is 0 Å². The van der Waals surface area contributed by atoms with Crippen LogP contribution in [-0.2, 0) is 11.2 Å². The molecule has 0 fully saturated rings. The Bertz CT molecular complexity index is 697. The van der Waals surface area contributed by atoms with Gasteiger partial charge in [0.05, 0.1) is 5.41 Å². The number of unbranched alkanes of at least 4 members (excludes halogenated alkanes) is 5. The second kappa shape index (κ2) is 9.89. The first-order valence-corrected chi connectivity index (χ1v) is 9.96. The highest BCUT2D eigenvalue weighted by molar-refractivity contribution is 5.93. The quantitative estimate of drug-likeness (QED) is 0.531. The van der Waals surface area contributed by atoms with Crippen molar-refractivity contribution in [3.8, 4) is 0 Å². The molecule has 1 amide bonds. The second-order valence-electron chi connectivity index (χ2n) is 7.53. The maximum atomic E-state index is 14.4. The van der Waals surface area contributed by atoms with Crippen LogP contribution in [0.3, 0.4) is 0 Å². The Kier molecular flexibility index (Phi) is 7.84. The van der Waals surface area contributed by atoms with Crippen LogP contribution < -0.4 is 5.73 Å². The summed E-state index contributed by atoms with van der Waals surface area (Å²) in [5, 5.41) is 0. The largest absolute Gasteiger partial charge is 0.398 e. The first-order chi connectivity index (χ1) is 13.3. The van der Waals surface area contributed by atoms with Crippen molar-refractivity contribution < 1.29 is 18.0 Å². The zero-order chi connectivity index (χ0) is 20.6. The number of nitrogens with two attached hydrogens (primary N) is 1. The van der Waals surface area contributed by atoms with Gasteiger partial charge >= 0.3 is 6.18 Å². The van der Waals surface area contributed by atoms with Crippen molar-refractivity contribution in [1.82, 2.24) is 4.98 Å². The monoisotopic (exact) mass is 394 g/mol. The van der Waals surface area contributed by atoms with Crippen molar-refractivity contribution in [2.45, 2.75) is 64.5 Å². The van der Waals surface area contributed by atoms with E-state index in [4.69, 9.17) is 5.73 Å². The Morgan fingerprint density at radius 1 is 1.21 bits per heavy atom. The minimum Gasteiger partial charge on any atom is -0.366 e. The lowest BCUT2D eigenvalue weighted by Crippen LogP contribution is -2.48. The van der Waals surface area contributed by atoms with Gasteiger partial charge < -0.3 is 5.73 Å². The van der Waals surface area contributed by atoms with E-state index >= 15 is 0 Å². The topological polar surface area (TPSA) is 56.0 Å². The molecule has 2 rings (SSSR count). The maximum Gasteiger partial charge on any atom is 0.398 e. The fourth-order valence-corrected chi connectivity index (χ4v) is 4.04. The van der Waals surface area contributed by atoms with E-state index in [-0.39, 0.29) is 18.4 Å². The van der Waals surface area contributed by atoms with Gasteiger partial charge in [0.25, 0.3) is 0 Å². The van der Waals surface area contributed by atoms with Gasteiger partial charge in [-0.25, -0.2) is 0 Å². The van der Waals surface area contributed by atoms with Crippen molar-refractivity contribution in [2.75, 3.05) is 0 Å². The number of carbonyl (C=O) groups excluding carboxylic acids is 1. The van der Waals surface area contributed by atoms with Gasteiger partial charge in [0.15, 0.2) is 0 Å². The van der Waals surface area contributed by atoms with Crippen molar-refractivity contribution in [2.24, 2.45) is 17.1 Å². The zero-order valence-corrected chi connectivity index (χ0v) is 16.3. The van der Waals surface area contributed by atoms with Gasteiger partial charge in [-0.2, -0.15) is 13.2 Å². The fourth-order valence-electron chi connectivity index (χ4n) is 4.04. The summed E-state index contributed by atoms with van der Waals surface area (Å²) in [4.78, 5) is 15.9. The summed E-state index contributed by atoms with van der Waals surface area (Å²) >= 11 is 0. The molecule has 0 saturated heterocycles. The molecule has 154 valence electrons. The van der Waals surface area contributed by atoms with E-state index in [1.807, 2.05) is 0 Å². The predicted molar refractivity (Wildman–Crippen MR) is 104 cm³/mol. The molecule has 28 heavy (non-hydrogen) atoms. The van der Waals surface area contributed by atoms with Crippen LogP contribution >= 0.6 is 0 Å². The van der Waals surface area contributed by atoms with Crippen LogP contribution in [0.15, 0.2) is 48.3 Å². The second-order valence-corrected chi connectivity index (χ2v) is 7.53. The van der Waals surface area contributed by atoms with Gasteiger partial charge in [-0.1, -0.05) is 69.7 Å². The van der Waals surface area contributed by atoms with Gasteiger partial charge in [-0.15, -0.1) is 0 Å². The molecule has 1 aromatic heterocycles. The third-order valence-electron chi connectivity index (χ3n) is 5.54. The number of halogens is 3. The van der Waals surface area contributed by atoms with E-state index < -0.39 is 23.4 Å². The Labute approximate surface area is 164 Å². The van der Waals surface area contributed by atoms with E-state index in [2.05, 4.69) is 11.9 Å². The Hall–Kier alpha value is -2.11. The summed E-state index contributed by atoms with van der Waals surface area (Å²) in [7, 11) is 0.